The number of aryl methyl sites for hydroxylation is 2. The number of ether oxygens (including phenoxy) is 1. The molecule has 2 aromatic carbocycles. The van der Waals surface area contributed by atoms with Crippen LogP contribution in [0, 0.1) is 13.8 Å². The summed E-state index contributed by atoms with van der Waals surface area (Å²) in [6.45, 7) is 7.44. The van der Waals surface area contributed by atoms with Gasteiger partial charge in [-0.3, -0.25) is 14.4 Å². The van der Waals surface area contributed by atoms with E-state index < -0.39 is 0 Å². The number of hydrogen-bond donors (Lipinski definition) is 0. The third-order valence-corrected chi connectivity index (χ3v) is 6.14. The molecule has 0 N–H and O–H groups in total. The smallest absolute Gasteiger partial charge is 0.260 e. The molecule has 4 aromatic rings. The predicted octanol–water partition coefficient (Wildman–Crippen LogP) is 5.51. The van der Waals surface area contributed by atoms with Crippen LogP contribution < -0.4 is 9.64 Å². The maximum Gasteiger partial charge on any atom is 0.260 e. The lowest BCUT2D eigenvalue weighted by Crippen LogP contribution is -2.34. The van der Waals surface area contributed by atoms with E-state index in [1.165, 1.54) is 11.3 Å². The molecule has 0 saturated heterocycles. The Morgan fingerprint density at radius 3 is 2.71 bits per heavy atom. The van der Waals surface area contributed by atoms with Crippen LogP contribution in [-0.2, 0) is 6.54 Å². The monoisotopic (exact) mass is 454 g/mol. The number of amides is 1. The van der Waals surface area contributed by atoms with Crippen LogP contribution in [0.5, 0.6) is 5.75 Å². The van der Waals surface area contributed by atoms with Gasteiger partial charge in [-0.05, 0) is 57.2 Å². The second-order valence-electron chi connectivity index (χ2n) is 7.15. The largest absolute Gasteiger partial charge is 0.492 e. The Morgan fingerprint density at radius 1 is 1.19 bits per heavy atom. The van der Waals surface area contributed by atoms with E-state index in [-0.39, 0.29) is 5.91 Å². The number of carbonyl (C=O) groups excluding carboxylic acids is 1. The van der Waals surface area contributed by atoms with Crippen molar-refractivity contribution >= 4 is 44.2 Å². The molecule has 0 fully saturated rings. The highest BCUT2D eigenvalue weighted by Crippen LogP contribution is 2.35. The molecule has 0 aliphatic carbocycles. The van der Waals surface area contributed by atoms with Crippen LogP contribution in [0.4, 0.5) is 5.13 Å². The zero-order chi connectivity index (χ0) is 22.0. The van der Waals surface area contributed by atoms with Crippen molar-refractivity contribution in [1.82, 2.24) is 14.8 Å². The fourth-order valence-corrected chi connectivity index (χ4v) is 4.65. The van der Waals surface area contributed by atoms with Crippen molar-refractivity contribution in [2.75, 3.05) is 18.1 Å². The average Bonchev–Trinajstić information content (AvgIpc) is 3.31. The molecule has 0 radical (unpaired) electrons. The first-order chi connectivity index (χ1) is 15.0. The minimum Gasteiger partial charge on any atom is -0.492 e. The summed E-state index contributed by atoms with van der Waals surface area (Å²) in [7, 11) is 0. The van der Waals surface area contributed by atoms with Crippen LogP contribution in [0.1, 0.15) is 28.7 Å². The average molecular weight is 455 g/mol. The minimum absolute atomic E-state index is 0.152. The number of halogens is 1. The summed E-state index contributed by atoms with van der Waals surface area (Å²) in [5.74, 6) is 0.567. The van der Waals surface area contributed by atoms with Gasteiger partial charge in [-0.1, -0.05) is 35.1 Å². The predicted molar refractivity (Wildman–Crippen MR) is 126 cm³/mol. The lowest BCUT2D eigenvalue weighted by Gasteiger charge is -2.20. The van der Waals surface area contributed by atoms with E-state index in [2.05, 4.69) is 5.10 Å². The van der Waals surface area contributed by atoms with Crippen molar-refractivity contribution in [1.29, 1.82) is 0 Å². The Hall–Kier alpha value is -2.90. The Bertz CT molecular complexity index is 1230. The van der Waals surface area contributed by atoms with Gasteiger partial charge < -0.3 is 4.74 Å². The van der Waals surface area contributed by atoms with Crippen molar-refractivity contribution in [2.24, 2.45) is 0 Å². The number of hydrogen-bond acceptors (Lipinski definition) is 5. The van der Waals surface area contributed by atoms with Crippen LogP contribution in [0.2, 0.25) is 5.02 Å². The summed E-state index contributed by atoms with van der Waals surface area (Å²) >= 11 is 7.61. The lowest BCUT2D eigenvalue weighted by atomic mass is 10.2. The second-order valence-corrected chi connectivity index (χ2v) is 8.60. The highest BCUT2D eigenvalue weighted by molar-refractivity contribution is 7.22. The number of aromatic nitrogens is 3. The van der Waals surface area contributed by atoms with E-state index in [1.54, 1.807) is 29.2 Å². The summed E-state index contributed by atoms with van der Waals surface area (Å²) in [5.41, 5.74) is 3.28. The van der Waals surface area contributed by atoms with E-state index in [1.807, 2.05) is 49.7 Å². The molecule has 0 spiro atoms. The van der Waals surface area contributed by atoms with Gasteiger partial charge in [0.15, 0.2) is 5.13 Å². The van der Waals surface area contributed by atoms with E-state index >= 15 is 0 Å². The number of thiazole rings is 1. The molecule has 1 amide bonds. The molecule has 160 valence electrons. The first-order valence-electron chi connectivity index (χ1n) is 10.1. The number of rotatable bonds is 7. The quantitative estimate of drug-likeness (QED) is 0.369. The van der Waals surface area contributed by atoms with Gasteiger partial charge in [0.1, 0.15) is 11.3 Å². The van der Waals surface area contributed by atoms with Gasteiger partial charge in [0.25, 0.3) is 5.91 Å². The van der Waals surface area contributed by atoms with E-state index in [4.69, 9.17) is 21.3 Å². The summed E-state index contributed by atoms with van der Waals surface area (Å²) in [4.78, 5) is 19.9. The fraction of sp³-hybridized carbons (Fsp3) is 0.261. The molecule has 0 unspecified atom stereocenters. The standard InChI is InChI=1S/C23H23ClN4O2S/c1-4-30-19-9-6-10-20-21(19)25-23(31-20)27(11-12-28-16(3)13-15(2)26-28)22(29)17-7-5-8-18(24)14-17/h5-10,13-14H,4,11-12H2,1-3H3. The summed E-state index contributed by atoms with van der Waals surface area (Å²) in [6.07, 6.45) is 0. The number of anilines is 1. The molecule has 4 rings (SSSR count). The number of nitrogens with zero attached hydrogens (tertiary/aromatic N) is 4. The van der Waals surface area contributed by atoms with Crippen LogP contribution in [0.25, 0.3) is 10.2 Å². The Balaban J connectivity index is 1.72. The summed E-state index contributed by atoms with van der Waals surface area (Å²) in [6, 6.07) is 14.8. The molecule has 2 heterocycles. The van der Waals surface area contributed by atoms with Crippen molar-refractivity contribution in [3.05, 3.63) is 70.5 Å². The zero-order valence-corrected chi connectivity index (χ0v) is 19.2. The minimum atomic E-state index is -0.152. The third-order valence-electron chi connectivity index (χ3n) is 4.86. The van der Waals surface area contributed by atoms with Gasteiger partial charge in [0, 0.05) is 22.8 Å². The van der Waals surface area contributed by atoms with Gasteiger partial charge in [-0.2, -0.15) is 5.10 Å². The second kappa shape index (κ2) is 9.08. The number of para-hydroxylation sites is 1. The van der Waals surface area contributed by atoms with E-state index in [0.29, 0.717) is 35.4 Å². The molecule has 0 bridgehead atoms. The molecule has 0 aliphatic rings. The molecule has 0 atom stereocenters. The molecular formula is C23H23ClN4O2S. The van der Waals surface area contributed by atoms with E-state index in [9.17, 15) is 4.79 Å². The maximum atomic E-state index is 13.5. The molecule has 8 heteroatoms. The summed E-state index contributed by atoms with van der Waals surface area (Å²) < 4.78 is 8.61. The molecule has 0 aliphatic heterocycles. The van der Waals surface area contributed by atoms with Gasteiger partial charge in [0.2, 0.25) is 0 Å². The first-order valence-corrected chi connectivity index (χ1v) is 11.3. The third kappa shape index (κ3) is 4.57. The van der Waals surface area contributed by atoms with Crippen LogP contribution in [0.15, 0.2) is 48.5 Å². The van der Waals surface area contributed by atoms with Crippen LogP contribution in [0.3, 0.4) is 0 Å². The van der Waals surface area contributed by atoms with Crippen molar-refractivity contribution in [2.45, 2.75) is 27.3 Å². The molecule has 6 nitrogen and oxygen atoms in total. The Labute approximate surface area is 190 Å². The molecule has 31 heavy (non-hydrogen) atoms. The van der Waals surface area contributed by atoms with Crippen LogP contribution >= 0.6 is 22.9 Å². The van der Waals surface area contributed by atoms with Crippen molar-refractivity contribution < 1.29 is 9.53 Å². The highest BCUT2D eigenvalue weighted by Gasteiger charge is 2.23. The highest BCUT2D eigenvalue weighted by atomic mass is 35.5. The number of carbonyl (C=O) groups is 1. The Kier molecular flexibility index (Phi) is 6.25. The number of fused-ring (bicyclic) bond motifs is 1. The topological polar surface area (TPSA) is 60.2 Å². The Morgan fingerprint density at radius 2 is 2.00 bits per heavy atom. The SMILES string of the molecule is CCOc1cccc2sc(N(CCn3nc(C)cc3C)C(=O)c3cccc(Cl)c3)nc12. The number of benzene rings is 2. The maximum absolute atomic E-state index is 13.5. The fourth-order valence-electron chi connectivity index (χ4n) is 3.46. The van der Waals surface area contributed by atoms with Crippen molar-refractivity contribution in [3.8, 4) is 5.75 Å². The lowest BCUT2D eigenvalue weighted by molar-refractivity contribution is 0.0985. The first kappa shape index (κ1) is 21.3. The molecule has 2 aromatic heterocycles. The van der Waals surface area contributed by atoms with Crippen LogP contribution in [-0.4, -0.2) is 33.8 Å². The normalized spacial score (nSPS) is 11.1. The van der Waals surface area contributed by atoms with Gasteiger partial charge in [-0.25, -0.2) is 4.98 Å². The van der Waals surface area contributed by atoms with Gasteiger partial charge in [-0.15, -0.1) is 0 Å². The molecular weight excluding hydrogens is 432 g/mol. The summed E-state index contributed by atoms with van der Waals surface area (Å²) in [5, 5.41) is 5.66. The zero-order valence-electron chi connectivity index (χ0n) is 17.6. The van der Waals surface area contributed by atoms with Gasteiger partial charge in [0.05, 0.1) is 23.5 Å². The van der Waals surface area contributed by atoms with Crippen molar-refractivity contribution in [3.63, 3.8) is 0 Å². The van der Waals surface area contributed by atoms with E-state index in [0.717, 1.165) is 27.4 Å². The molecule has 0 saturated carbocycles. The van der Waals surface area contributed by atoms with Gasteiger partial charge >= 0.3 is 0 Å².